The van der Waals surface area contributed by atoms with Crippen LogP contribution in [-0.2, 0) is 33.4 Å². The molecule has 0 aliphatic heterocycles. The van der Waals surface area contributed by atoms with E-state index in [1.807, 2.05) is 54.6 Å². The number of esters is 2. The molecule has 2 amide bonds. The van der Waals surface area contributed by atoms with Crippen molar-refractivity contribution in [3.05, 3.63) is 108 Å². The van der Waals surface area contributed by atoms with Gasteiger partial charge in [-0.3, -0.25) is 14.4 Å². The predicted octanol–water partition coefficient (Wildman–Crippen LogP) is 5.10. The Morgan fingerprint density at radius 2 is 1.17 bits per heavy atom. The van der Waals surface area contributed by atoms with Gasteiger partial charge in [-0.25, -0.2) is 4.79 Å². The number of nitrogens with two attached hydrogens (primary N) is 1. The van der Waals surface area contributed by atoms with E-state index in [-0.39, 0.29) is 18.6 Å². The Morgan fingerprint density at radius 3 is 1.60 bits per heavy atom. The van der Waals surface area contributed by atoms with Gasteiger partial charge < -0.3 is 25.8 Å². The third-order valence-electron chi connectivity index (χ3n) is 6.86. The molecular weight excluding hydrogens is 614 g/mol. The largest absolute Gasteiger partial charge is 0.460 e. The molecule has 4 N–H and O–H groups in total. The second kappa shape index (κ2) is 16.6. The van der Waals surface area contributed by atoms with Crippen LogP contribution in [0.25, 0.3) is 0 Å². The zero-order chi connectivity index (χ0) is 34.7. The average molecular weight is 662 g/mol. The topological polar surface area (TPSA) is 137 Å². The molecule has 0 spiro atoms. The highest BCUT2D eigenvalue weighted by atomic mass is 32.2. The number of ether oxygens (including phenoxy) is 2. The lowest BCUT2D eigenvalue weighted by Gasteiger charge is -2.36. The van der Waals surface area contributed by atoms with Crippen LogP contribution in [0.5, 0.6) is 0 Å². The fourth-order valence-electron chi connectivity index (χ4n) is 4.88. The molecule has 252 valence electrons. The van der Waals surface area contributed by atoms with Crippen LogP contribution in [0, 0.1) is 0 Å². The summed E-state index contributed by atoms with van der Waals surface area (Å²) >= 11 is 1.54. The lowest BCUT2D eigenvalue weighted by Crippen LogP contribution is -2.50. The number of carbonyl (C=O) groups excluding carboxylic acids is 4. The summed E-state index contributed by atoms with van der Waals surface area (Å²) in [6.45, 7) is 9.95. The van der Waals surface area contributed by atoms with E-state index in [0.717, 1.165) is 16.7 Å². The Kier molecular flexibility index (Phi) is 13.2. The van der Waals surface area contributed by atoms with Crippen LogP contribution in [0.3, 0.4) is 0 Å². The molecule has 0 fully saturated rings. The van der Waals surface area contributed by atoms with Crippen molar-refractivity contribution < 1.29 is 28.7 Å². The molecule has 0 unspecified atom stereocenters. The first kappa shape index (κ1) is 37.3. The minimum Gasteiger partial charge on any atom is -0.460 e. The minimum atomic E-state index is -1.11. The second-order valence-electron chi connectivity index (χ2n) is 13.2. The van der Waals surface area contributed by atoms with Gasteiger partial charge in [-0.05, 0) is 64.7 Å². The van der Waals surface area contributed by atoms with E-state index in [4.69, 9.17) is 15.2 Å². The Bertz CT molecular complexity index is 1370. The lowest BCUT2D eigenvalue weighted by molar-refractivity contribution is -0.160. The van der Waals surface area contributed by atoms with Crippen LogP contribution in [0.15, 0.2) is 91.0 Å². The van der Waals surface area contributed by atoms with Crippen molar-refractivity contribution in [3.8, 4) is 0 Å². The van der Waals surface area contributed by atoms with Gasteiger partial charge in [-0.1, -0.05) is 91.0 Å². The highest BCUT2D eigenvalue weighted by molar-refractivity contribution is 8.00. The summed E-state index contributed by atoms with van der Waals surface area (Å²) in [5.74, 6) is -2.09. The van der Waals surface area contributed by atoms with Gasteiger partial charge in [0.05, 0.1) is 17.3 Å². The molecule has 10 heteroatoms. The molecule has 0 aliphatic carbocycles. The molecular formula is C37H47N3O6S. The van der Waals surface area contributed by atoms with Crippen LogP contribution in [0.4, 0.5) is 0 Å². The number of thioether (sulfide) groups is 1. The number of amides is 2. The highest BCUT2D eigenvalue weighted by Gasteiger charge is 2.38. The minimum absolute atomic E-state index is 0.0276. The van der Waals surface area contributed by atoms with Gasteiger partial charge in [-0.2, -0.15) is 0 Å². The second-order valence-corrected chi connectivity index (χ2v) is 14.4. The van der Waals surface area contributed by atoms with Gasteiger partial charge in [0.15, 0.2) is 0 Å². The van der Waals surface area contributed by atoms with Crippen molar-refractivity contribution in [2.45, 2.75) is 82.4 Å². The van der Waals surface area contributed by atoms with Gasteiger partial charge in [0.2, 0.25) is 11.8 Å². The van der Waals surface area contributed by atoms with Gasteiger partial charge in [0, 0.05) is 12.2 Å². The first-order valence-electron chi connectivity index (χ1n) is 15.7. The molecule has 0 saturated carbocycles. The zero-order valence-corrected chi connectivity index (χ0v) is 28.9. The van der Waals surface area contributed by atoms with Crippen molar-refractivity contribution in [3.63, 3.8) is 0 Å². The van der Waals surface area contributed by atoms with E-state index in [9.17, 15) is 19.2 Å². The smallest absolute Gasteiger partial charge is 0.329 e. The van der Waals surface area contributed by atoms with Crippen molar-refractivity contribution in [1.29, 1.82) is 0 Å². The fourth-order valence-corrected chi connectivity index (χ4v) is 6.37. The van der Waals surface area contributed by atoms with Crippen LogP contribution in [-0.4, -0.2) is 59.3 Å². The number of benzene rings is 3. The van der Waals surface area contributed by atoms with Gasteiger partial charge in [-0.15, -0.1) is 11.8 Å². The summed E-state index contributed by atoms with van der Waals surface area (Å²) in [7, 11) is 0. The molecule has 0 radical (unpaired) electrons. The number of nitrogens with one attached hydrogen (secondary N) is 2. The summed E-state index contributed by atoms with van der Waals surface area (Å²) in [5, 5.41) is 5.18. The summed E-state index contributed by atoms with van der Waals surface area (Å²) in [6.07, 6.45) is -0.137. The standard InChI is InChI=1S/C37H47N3O6S/c1-35(2,3)45-32(42)23-22-30(34(44)46-36(4,5)6)40-31(41)24-39-33(43)29(38)25-47-37(26-16-10-7-11-17-26,27-18-12-8-13-19-27)28-20-14-9-15-21-28/h7-21,29-30H,22-25,38H2,1-6H3,(H,39,43)(H,40,41)/t29-,30-/m0/s1. The SMILES string of the molecule is CC(C)(C)OC(=O)CC[C@H](NC(=O)CNC(=O)[C@@H](N)CSC(c1ccccc1)(c1ccccc1)c1ccccc1)C(=O)OC(C)(C)C. The maximum atomic E-state index is 13.1. The average Bonchev–Trinajstić information content (AvgIpc) is 3.02. The first-order chi connectivity index (χ1) is 22.1. The maximum Gasteiger partial charge on any atom is 0.329 e. The third kappa shape index (κ3) is 11.6. The summed E-state index contributed by atoms with van der Waals surface area (Å²) in [4.78, 5) is 51.2. The van der Waals surface area contributed by atoms with E-state index < -0.39 is 58.3 Å². The molecule has 3 aromatic carbocycles. The lowest BCUT2D eigenvalue weighted by atomic mass is 9.84. The Hall–Kier alpha value is -4.15. The van der Waals surface area contributed by atoms with E-state index in [1.54, 1.807) is 53.3 Å². The van der Waals surface area contributed by atoms with Gasteiger partial charge in [0.25, 0.3) is 0 Å². The molecule has 47 heavy (non-hydrogen) atoms. The quantitative estimate of drug-likeness (QED) is 0.160. The van der Waals surface area contributed by atoms with E-state index >= 15 is 0 Å². The molecule has 0 aliphatic rings. The molecule has 2 atom stereocenters. The van der Waals surface area contributed by atoms with Crippen molar-refractivity contribution in [2.24, 2.45) is 5.73 Å². The molecule has 9 nitrogen and oxygen atoms in total. The zero-order valence-electron chi connectivity index (χ0n) is 28.1. The molecule has 0 heterocycles. The molecule has 0 aromatic heterocycles. The van der Waals surface area contributed by atoms with E-state index in [1.165, 1.54) is 0 Å². The van der Waals surface area contributed by atoms with E-state index in [0.29, 0.717) is 0 Å². The fraction of sp³-hybridized carbons (Fsp3) is 0.405. The summed E-state index contributed by atoms with van der Waals surface area (Å²) in [6, 6.07) is 28.1. The van der Waals surface area contributed by atoms with Crippen LogP contribution in [0.2, 0.25) is 0 Å². The number of hydrogen-bond acceptors (Lipinski definition) is 8. The number of hydrogen-bond donors (Lipinski definition) is 3. The van der Waals surface area contributed by atoms with Crippen LogP contribution in [0.1, 0.15) is 71.1 Å². The summed E-state index contributed by atoms with van der Waals surface area (Å²) < 4.78 is 10.1. The first-order valence-corrected chi connectivity index (χ1v) is 16.7. The van der Waals surface area contributed by atoms with Gasteiger partial charge >= 0.3 is 11.9 Å². The van der Waals surface area contributed by atoms with E-state index in [2.05, 4.69) is 47.0 Å². The summed E-state index contributed by atoms with van der Waals surface area (Å²) in [5.41, 5.74) is 8.02. The van der Waals surface area contributed by atoms with Crippen molar-refractivity contribution >= 4 is 35.5 Å². The maximum absolute atomic E-state index is 13.1. The monoisotopic (exact) mass is 661 g/mol. The Balaban J connectivity index is 1.70. The predicted molar refractivity (Wildman–Crippen MR) is 186 cm³/mol. The van der Waals surface area contributed by atoms with Crippen LogP contribution < -0.4 is 16.4 Å². The molecule has 0 bridgehead atoms. The van der Waals surface area contributed by atoms with Crippen molar-refractivity contribution in [2.75, 3.05) is 12.3 Å². The Labute approximate surface area is 282 Å². The number of rotatable bonds is 14. The van der Waals surface area contributed by atoms with Gasteiger partial charge in [0.1, 0.15) is 17.2 Å². The normalized spacial score (nSPS) is 13.2. The number of carbonyl (C=O) groups is 4. The molecule has 0 saturated heterocycles. The highest BCUT2D eigenvalue weighted by Crippen LogP contribution is 2.48. The van der Waals surface area contributed by atoms with Crippen molar-refractivity contribution in [1.82, 2.24) is 10.6 Å². The Morgan fingerprint density at radius 1 is 0.723 bits per heavy atom. The molecule has 3 rings (SSSR count). The third-order valence-corrected chi connectivity index (χ3v) is 8.53. The molecule has 3 aromatic rings. The van der Waals surface area contributed by atoms with Crippen LogP contribution >= 0.6 is 11.8 Å².